The molecule has 0 aliphatic heterocycles. The first-order valence-electron chi connectivity index (χ1n) is 7.46. The highest BCUT2D eigenvalue weighted by molar-refractivity contribution is 5.28. The summed E-state index contributed by atoms with van der Waals surface area (Å²) in [5, 5.41) is 3.57. The van der Waals surface area contributed by atoms with Crippen LogP contribution in [0.2, 0.25) is 0 Å². The number of anilines is 1. The van der Waals surface area contributed by atoms with Crippen LogP contribution in [-0.4, -0.2) is 15.6 Å². The van der Waals surface area contributed by atoms with Gasteiger partial charge in [-0.05, 0) is 38.5 Å². The van der Waals surface area contributed by atoms with Crippen molar-refractivity contribution in [3.63, 3.8) is 0 Å². The highest BCUT2D eigenvalue weighted by Crippen LogP contribution is 2.31. The van der Waals surface area contributed by atoms with Crippen LogP contribution in [0.3, 0.4) is 0 Å². The van der Waals surface area contributed by atoms with Crippen molar-refractivity contribution in [2.75, 3.05) is 5.32 Å². The Morgan fingerprint density at radius 1 is 1.28 bits per heavy atom. The molecule has 1 unspecified atom stereocenters. The number of hydrogen-bond donors (Lipinski definition) is 1. The quantitative estimate of drug-likeness (QED) is 0.817. The molecule has 0 saturated heterocycles. The van der Waals surface area contributed by atoms with Gasteiger partial charge < -0.3 is 9.88 Å². The monoisotopic (exact) mass is 249 g/mol. The Bertz CT molecular complexity index is 350. The second-order valence-electron chi connectivity index (χ2n) is 6.11. The second kappa shape index (κ2) is 6.26. The van der Waals surface area contributed by atoms with Crippen LogP contribution in [0, 0.1) is 5.92 Å². The van der Waals surface area contributed by atoms with Gasteiger partial charge in [-0.25, -0.2) is 4.98 Å². The summed E-state index contributed by atoms with van der Waals surface area (Å²) in [6, 6.07) is 1.18. The fourth-order valence-electron chi connectivity index (χ4n) is 2.78. The number of hydrogen-bond acceptors (Lipinski definition) is 2. The van der Waals surface area contributed by atoms with Crippen molar-refractivity contribution in [3.8, 4) is 0 Å². The van der Waals surface area contributed by atoms with E-state index in [9.17, 15) is 0 Å². The van der Waals surface area contributed by atoms with Gasteiger partial charge in [-0.2, -0.15) is 0 Å². The molecule has 1 aliphatic carbocycles. The van der Waals surface area contributed by atoms with Crippen LogP contribution in [0.15, 0.2) is 12.4 Å². The van der Waals surface area contributed by atoms with Gasteiger partial charge in [0.15, 0.2) is 0 Å². The minimum atomic E-state index is 0.509. The maximum atomic E-state index is 4.48. The third-order valence-corrected chi connectivity index (χ3v) is 3.94. The number of rotatable bonds is 6. The van der Waals surface area contributed by atoms with E-state index in [0.29, 0.717) is 12.1 Å². The zero-order valence-corrected chi connectivity index (χ0v) is 12.0. The molecule has 18 heavy (non-hydrogen) atoms. The molecule has 0 bridgehead atoms. The molecule has 3 nitrogen and oxygen atoms in total. The van der Waals surface area contributed by atoms with E-state index in [1.54, 1.807) is 0 Å². The zero-order chi connectivity index (χ0) is 13.0. The number of nitrogens with one attached hydrogen (secondary N) is 1. The first kappa shape index (κ1) is 13.4. The molecule has 1 N–H and O–H groups in total. The van der Waals surface area contributed by atoms with Crippen LogP contribution < -0.4 is 5.32 Å². The summed E-state index contributed by atoms with van der Waals surface area (Å²) < 4.78 is 2.35. The zero-order valence-electron chi connectivity index (χ0n) is 12.0. The first-order valence-corrected chi connectivity index (χ1v) is 7.46. The van der Waals surface area contributed by atoms with Crippen molar-refractivity contribution in [2.45, 2.75) is 71.4 Å². The van der Waals surface area contributed by atoms with Crippen LogP contribution >= 0.6 is 0 Å². The molecule has 0 radical (unpaired) electrons. The number of imidazole rings is 1. The lowest BCUT2D eigenvalue weighted by atomic mass is 10.0. The Balaban J connectivity index is 1.90. The fraction of sp³-hybridized carbons (Fsp3) is 0.800. The highest BCUT2D eigenvalue weighted by Gasteiger charge is 2.19. The van der Waals surface area contributed by atoms with Gasteiger partial charge in [0.1, 0.15) is 0 Å². The maximum Gasteiger partial charge on any atom is 0.203 e. The van der Waals surface area contributed by atoms with E-state index in [1.807, 2.05) is 6.20 Å². The standard InChI is InChI=1S/C15H27N3/c1-12(2)8-9-13(3)17-15-16-10-11-18(15)14-6-4-5-7-14/h10-14H,4-9H2,1-3H3,(H,16,17). The van der Waals surface area contributed by atoms with Gasteiger partial charge in [-0.1, -0.05) is 26.7 Å². The predicted octanol–water partition coefficient (Wildman–Crippen LogP) is 4.23. The molecule has 2 rings (SSSR count). The van der Waals surface area contributed by atoms with E-state index in [2.05, 4.69) is 41.8 Å². The van der Waals surface area contributed by atoms with E-state index in [4.69, 9.17) is 0 Å². The summed E-state index contributed by atoms with van der Waals surface area (Å²) in [7, 11) is 0. The van der Waals surface area contributed by atoms with Crippen LogP contribution in [0.5, 0.6) is 0 Å². The molecule has 1 aromatic rings. The van der Waals surface area contributed by atoms with Gasteiger partial charge in [0.05, 0.1) is 0 Å². The molecular formula is C15H27N3. The molecule has 102 valence electrons. The third kappa shape index (κ3) is 3.50. The normalized spacial score (nSPS) is 18.4. The van der Waals surface area contributed by atoms with Crippen molar-refractivity contribution in [1.82, 2.24) is 9.55 Å². The topological polar surface area (TPSA) is 29.9 Å². The molecule has 0 amide bonds. The van der Waals surface area contributed by atoms with Crippen LogP contribution in [0.1, 0.15) is 65.3 Å². The molecule has 0 spiro atoms. The van der Waals surface area contributed by atoms with Gasteiger partial charge in [0.25, 0.3) is 0 Å². The Kier molecular flexibility index (Phi) is 4.67. The number of nitrogens with zero attached hydrogens (tertiary/aromatic N) is 2. The summed E-state index contributed by atoms with van der Waals surface area (Å²) in [4.78, 5) is 4.48. The van der Waals surface area contributed by atoms with E-state index in [-0.39, 0.29) is 0 Å². The molecule has 3 heteroatoms. The van der Waals surface area contributed by atoms with Crippen molar-refractivity contribution < 1.29 is 0 Å². The highest BCUT2D eigenvalue weighted by atomic mass is 15.2. The lowest BCUT2D eigenvalue weighted by Crippen LogP contribution is -2.20. The average molecular weight is 249 g/mol. The fourth-order valence-corrected chi connectivity index (χ4v) is 2.78. The largest absolute Gasteiger partial charge is 0.353 e. The Hall–Kier alpha value is -0.990. The summed E-state index contributed by atoms with van der Waals surface area (Å²) >= 11 is 0. The third-order valence-electron chi connectivity index (χ3n) is 3.94. The van der Waals surface area contributed by atoms with Gasteiger partial charge >= 0.3 is 0 Å². The SMILES string of the molecule is CC(C)CCC(C)Nc1nccn1C1CCCC1. The van der Waals surface area contributed by atoms with Gasteiger partial charge in [-0.3, -0.25) is 0 Å². The molecular weight excluding hydrogens is 222 g/mol. The maximum absolute atomic E-state index is 4.48. The summed E-state index contributed by atoms with van der Waals surface area (Å²) in [6.07, 6.45) is 11.9. The van der Waals surface area contributed by atoms with Crippen LogP contribution in [0.25, 0.3) is 0 Å². The first-order chi connectivity index (χ1) is 8.66. The molecule has 1 fully saturated rings. The van der Waals surface area contributed by atoms with Crippen molar-refractivity contribution >= 4 is 5.95 Å². The lowest BCUT2D eigenvalue weighted by molar-refractivity contribution is 0.505. The smallest absolute Gasteiger partial charge is 0.203 e. The van der Waals surface area contributed by atoms with Crippen LogP contribution in [-0.2, 0) is 0 Å². The van der Waals surface area contributed by atoms with E-state index in [1.165, 1.54) is 38.5 Å². The Labute approximate surface area is 111 Å². The lowest BCUT2D eigenvalue weighted by Gasteiger charge is -2.20. The molecule has 1 atom stereocenters. The minimum Gasteiger partial charge on any atom is -0.353 e. The second-order valence-corrected chi connectivity index (χ2v) is 6.11. The Morgan fingerprint density at radius 2 is 2.00 bits per heavy atom. The molecule has 1 aromatic heterocycles. The molecule has 1 aliphatic rings. The summed E-state index contributed by atoms with van der Waals surface area (Å²) in [5.41, 5.74) is 0. The molecule has 1 saturated carbocycles. The number of aromatic nitrogens is 2. The minimum absolute atomic E-state index is 0.509. The predicted molar refractivity (Wildman–Crippen MR) is 76.9 cm³/mol. The molecule has 0 aromatic carbocycles. The van der Waals surface area contributed by atoms with E-state index >= 15 is 0 Å². The summed E-state index contributed by atoms with van der Waals surface area (Å²) in [5.74, 6) is 1.85. The Morgan fingerprint density at radius 3 is 2.67 bits per heavy atom. The average Bonchev–Trinajstić information content (AvgIpc) is 2.95. The summed E-state index contributed by atoms with van der Waals surface area (Å²) in [6.45, 7) is 6.83. The van der Waals surface area contributed by atoms with Gasteiger partial charge in [0, 0.05) is 24.5 Å². The van der Waals surface area contributed by atoms with E-state index < -0.39 is 0 Å². The van der Waals surface area contributed by atoms with Crippen molar-refractivity contribution in [3.05, 3.63) is 12.4 Å². The van der Waals surface area contributed by atoms with Crippen LogP contribution in [0.4, 0.5) is 5.95 Å². The van der Waals surface area contributed by atoms with Gasteiger partial charge in [0.2, 0.25) is 5.95 Å². The van der Waals surface area contributed by atoms with Crippen molar-refractivity contribution in [2.24, 2.45) is 5.92 Å². The molecule has 1 heterocycles. The van der Waals surface area contributed by atoms with E-state index in [0.717, 1.165) is 11.9 Å². The van der Waals surface area contributed by atoms with Gasteiger partial charge in [-0.15, -0.1) is 0 Å². The van der Waals surface area contributed by atoms with Crippen molar-refractivity contribution in [1.29, 1.82) is 0 Å².